The predicted octanol–water partition coefficient (Wildman–Crippen LogP) is 0.385. The summed E-state index contributed by atoms with van der Waals surface area (Å²) < 4.78 is 0. The lowest BCUT2D eigenvalue weighted by atomic mass is 9.62. The highest BCUT2D eigenvalue weighted by atomic mass is 16.4. The first-order valence-corrected chi connectivity index (χ1v) is 4.81. The molecule has 4 heteroatoms. The summed E-state index contributed by atoms with van der Waals surface area (Å²) in [6.45, 7) is 0. The van der Waals surface area contributed by atoms with Crippen molar-refractivity contribution in [1.29, 1.82) is 0 Å². The van der Waals surface area contributed by atoms with Crippen LogP contribution in [0.4, 0.5) is 0 Å². The Kier molecular flexibility index (Phi) is 2.06. The fourth-order valence-corrected chi connectivity index (χ4v) is 2.72. The molecule has 0 aromatic carbocycles. The molecule has 1 amide bonds. The normalized spacial score (nSPS) is 39.7. The van der Waals surface area contributed by atoms with Crippen molar-refractivity contribution < 1.29 is 14.7 Å². The van der Waals surface area contributed by atoms with Crippen LogP contribution in [-0.2, 0) is 9.59 Å². The number of primary amides is 1. The topological polar surface area (TPSA) is 80.4 Å². The fraction of sp³-hybridized carbons (Fsp3) is 0.600. The molecular weight excluding hydrogens is 182 g/mol. The minimum absolute atomic E-state index is 0.00463. The maximum Gasteiger partial charge on any atom is 0.307 e. The molecule has 0 aliphatic heterocycles. The summed E-state index contributed by atoms with van der Waals surface area (Å²) in [4.78, 5) is 22.2. The molecule has 0 spiro atoms. The van der Waals surface area contributed by atoms with Crippen LogP contribution in [0.1, 0.15) is 12.8 Å². The number of rotatable bonds is 2. The van der Waals surface area contributed by atoms with E-state index in [4.69, 9.17) is 10.8 Å². The van der Waals surface area contributed by atoms with Gasteiger partial charge in [-0.2, -0.15) is 0 Å². The number of hydrogen-bond donors (Lipinski definition) is 2. The van der Waals surface area contributed by atoms with E-state index in [2.05, 4.69) is 0 Å². The first-order valence-electron chi connectivity index (χ1n) is 4.81. The van der Waals surface area contributed by atoms with Gasteiger partial charge in [0.25, 0.3) is 0 Å². The van der Waals surface area contributed by atoms with Gasteiger partial charge in [0, 0.05) is 0 Å². The molecule has 14 heavy (non-hydrogen) atoms. The van der Waals surface area contributed by atoms with Gasteiger partial charge >= 0.3 is 5.97 Å². The van der Waals surface area contributed by atoms with E-state index in [1.165, 1.54) is 0 Å². The molecule has 3 aliphatic carbocycles. The van der Waals surface area contributed by atoms with E-state index < -0.39 is 23.7 Å². The summed E-state index contributed by atoms with van der Waals surface area (Å²) in [5, 5.41) is 9.04. The van der Waals surface area contributed by atoms with Crippen LogP contribution in [-0.4, -0.2) is 17.0 Å². The second kappa shape index (κ2) is 3.12. The van der Waals surface area contributed by atoms with Crippen LogP contribution in [0.15, 0.2) is 12.2 Å². The maximum atomic E-state index is 11.2. The predicted molar refractivity (Wildman–Crippen MR) is 49.2 cm³/mol. The van der Waals surface area contributed by atoms with Gasteiger partial charge in [-0.3, -0.25) is 9.59 Å². The summed E-state index contributed by atoms with van der Waals surface area (Å²) in [5.74, 6) is -2.44. The largest absolute Gasteiger partial charge is 0.481 e. The van der Waals surface area contributed by atoms with Crippen LogP contribution >= 0.6 is 0 Å². The lowest BCUT2D eigenvalue weighted by molar-refractivity contribution is -0.152. The molecule has 0 saturated heterocycles. The molecule has 3 aliphatic rings. The Morgan fingerprint density at radius 3 is 1.93 bits per heavy atom. The maximum absolute atomic E-state index is 11.2. The van der Waals surface area contributed by atoms with E-state index in [-0.39, 0.29) is 11.8 Å². The third-order valence-corrected chi connectivity index (χ3v) is 3.36. The zero-order chi connectivity index (χ0) is 10.3. The lowest BCUT2D eigenvalue weighted by Gasteiger charge is -2.41. The average Bonchev–Trinajstić information content (AvgIpc) is 2.17. The molecule has 0 aromatic rings. The van der Waals surface area contributed by atoms with Crippen LogP contribution in [0, 0.1) is 23.7 Å². The number of carbonyl (C=O) groups excluding carboxylic acids is 1. The van der Waals surface area contributed by atoms with Crippen molar-refractivity contribution >= 4 is 11.9 Å². The standard InChI is InChI=1S/C10H13NO3/c11-9(12)7-5-1-3-6(4-2-5)8(7)10(13)14/h1,3,5-8H,2,4H2,(H2,11,12)(H,13,14)/t5-,6-,7-,8+/m0/s1. The van der Waals surface area contributed by atoms with Gasteiger partial charge in [-0.05, 0) is 24.7 Å². The van der Waals surface area contributed by atoms with Gasteiger partial charge in [-0.25, -0.2) is 0 Å². The number of carboxylic acids is 1. The number of hydrogen-bond acceptors (Lipinski definition) is 2. The van der Waals surface area contributed by atoms with Gasteiger partial charge in [-0.15, -0.1) is 0 Å². The van der Waals surface area contributed by atoms with Gasteiger partial charge in [0.2, 0.25) is 5.91 Å². The smallest absolute Gasteiger partial charge is 0.307 e. The van der Waals surface area contributed by atoms with Crippen molar-refractivity contribution in [3.8, 4) is 0 Å². The van der Waals surface area contributed by atoms with E-state index in [9.17, 15) is 9.59 Å². The number of carbonyl (C=O) groups is 2. The van der Waals surface area contributed by atoms with E-state index in [1.807, 2.05) is 12.2 Å². The highest BCUT2D eigenvalue weighted by Gasteiger charge is 2.47. The summed E-state index contributed by atoms with van der Waals surface area (Å²) in [7, 11) is 0. The number of amides is 1. The molecule has 0 heterocycles. The second-order valence-electron chi connectivity index (χ2n) is 4.08. The highest BCUT2D eigenvalue weighted by Crippen LogP contribution is 2.44. The molecule has 1 saturated carbocycles. The average molecular weight is 195 g/mol. The number of allylic oxidation sites excluding steroid dienone is 2. The molecule has 2 bridgehead atoms. The van der Waals surface area contributed by atoms with E-state index in [0.29, 0.717) is 0 Å². The Morgan fingerprint density at radius 2 is 1.64 bits per heavy atom. The minimum atomic E-state index is -0.896. The van der Waals surface area contributed by atoms with E-state index >= 15 is 0 Å². The summed E-state index contributed by atoms with van der Waals surface area (Å²) in [6.07, 6.45) is 5.62. The Labute approximate surface area is 81.8 Å². The zero-order valence-corrected chi connectivity index (χ0v) is 7.72. The molecular formula is C10H13NO3. The van der Waals surface area contributed by atoms with Crippen molar-refractivity contribution in [2.45, 2.75) is 12.8 Å². The Morgan fingerprint density at radius 1 is 1.14 bits per heavy atom. The third-order valence-electron chi connectivity index (χ3n) is 3.36. The molecule has 0 aromatic heterocycles. The monoisotopic (exact) mass is 195 g/mol. The molecule has 3 N–H and O–H groups in total. The van der Waals surface area contributed by atoms with Gasteiger partial charge in [-0.1, -0.05) is 12.2 Å². The summed E-state index contributed by atoms with van der Waals surface area (Å²) >= 11 is 0. The number of fused-ring (bicyclic) bond motifs is 2. The second-order valence-corrected chi connectivity index (χ2v) is 4.08. The van der Waals surface area contributed by atoms with Crippen molar-refractivity contribution in [1.82, 2.24) is 0 Å². The Bertz CT molecular complexity index is 280. The van der Waals surface area contributed by atoms with Crippen LogP contribution in [0.2, 0.25) is 0 Å². The van der Waals surface area contributed by atoms with Gasteiger partial charge in [0.1, 0.15) is 0 Å². The summed E-state index contributed by atoms with van der Waals surface area (Å²) in [5.41, 5.74) is 5.25. The number of carboxylic acid groups (broad SMARTS) is 1. The van der Waals surface area contributed by atoms with Crippen LogP contribution in [0.3, 0.4) is 0 Å². The summed E-state index contributed by atoms with van der Waals surface area (Å²) in [6, 6.07) is 0. The SMILES string of the molecule is NC(=O)[C@@H]1[C@H](C(=O)O)[C@H]2C=C[C@H]1CC2. The highest BCUT2D eigenvalue weighted by molar-refractivity contribution is 5.85. The van der Waals surface area contributed by atoms with Crippen LogP contribution < -0.4 is 5.73 Å². The quantitative estimate of drug-likeness (QED) is 0.625. The van der Waals surface area contributed by atoms with Crippen LogP contribution in [0.25, 0.3) is 0 Å². The molecule has 3 rings (SSSR count). The van der Waals surface area contributed by atoms with Crippen molar-refractivity contribution in [2.75, 3.05) is 0 Å². The van der Waals surface area contributed by atoms with Crippen molar-refractivity contribution in [2.24, 2.45) is 29.4 Å². The van der Waals surface area contributed by atoms with Crippen molar-refractivity contribution in [3.63, 3.8) is 0 Å². The Hall–Kier alpha value is -1.32. The lowest BCUT2D eigenvalue weighted by Crippen LogP contribution is -2.47. The third kappa shape index (κ3) is 1.22. The first kappa shape index (κ1) is 9.24. The molecule has 1 fully saturated rings. The Balaban J connectivity index is 2.33. The fourth-order valence-electron chi connectivity index (χ4n) is 2.72. The first-order chi connectivity index (χ1) is 6.61. The van der Waals surface area contributed by atoms with Gasteiger partial charge < -0.3 is 10.8 Å². The zero-order valence-electron chi connectivity index (χ0n) is 7.72. The van der Waals surface area contributed by atoms with E-state index in [1.54, 1.807) is 0 Å². The molecule has 4 atom stereocenters. The molecule has 0 radical (unpaired) electrons. The van der Waals surface area contributed by atoms with Crippen molar-refractivity contribution in [3.05, 3.63) is 12.2 Å². The van der Waals surface area contributed by atoms with Gasteiger partial charge in [0.15, 0.2) is 0 Å². The minimum Gasteiger partial charge on any atom is -0.481 e. The molecule has 0 unspecified atom stereocenters. The number of nitrogens with two attached hydrogens (primary N) is 1. The van der Waals surface area contributed by atoms with E-state index in [0.717, 1.165) is 12.8 Å². The number of aliphatic carboxylic acids is 1. The molecule has 76 valence electrons. The molecule has 4 nitrogen and oxygen atoms in total. The van der Waals surface area contributed by atoms with Gasteiger partial charge in [0.05, 0.1) is 11.8 Å². The van der Waals surface area contributed by atoms with Crippen LogP contribution in [0.5, 0.6) is 0 Å².